The van der Waals surface area contributed by atoms with Gasteiger partial charge in [0.15, 0.2) is 0 Å². The summed E-state index contributed by atoms with van der Waals surface area (Å²) in [5, 5.41) is 20.2. The standard InChI is InChI=1S/C20H37NO5/c1-13-7-8-16(6-5-9-22)15(3)19(25)20(4,12-21)10-17(14(13)2)26-18(24)11-23/h9,13-17,19,23,25H,5-8,10-12,21H2,1-4H3/t13-,14-,15-,16+,17-,19+,20-/m1/s1. The molecular weight excluding hydrogens is 334 g/mol. The SMILES string of the molecule is C[C@@H]1[C@H](C)CC[C@H](CCC=O)[C@@H](C)[C@H](O)[C@@](C)(CN)C[C@H]1OC(=O)CO. The van der Waals surface area contributed by atoms with E-state index in [1.165, 1.54) is 0 Å². The van der Waals surface area contributed by atoms with Crippen LogP contribution < -0.4 is 5.73 Å². The lowest BCUT2D eigenvalue weighted by molar-refractivity contribution is -0.161. The summed E-state index contributed by atoms with van der Waals surface area (Å²) >= 11 is 0. The average Bonchev–Trinajstić information content (AvgIpc) is 2.64. The van der Waals surface area contributed by atoms with Crippen LogP contribution in [-0.4, -0.2) is 47.8 Å². The molecule has 26 heavy (non-hydrogen) atoms. The summed E-state index contributed by atoms with van der Waals surface area (Å²) in [4.78, 5) is 22.5. The highest BCUT2D eigenvalue weighted by atomic mass is 16.6. The molecule has 0 bridgehead atoms. The largest absolute Gasteiger partial charge is 0.460 e. The number of nitrogens with two attached hydrogens (primary N) is 1. The van der Waals surface area contributed by atoms with E-state index in [0.717, 1.165) is 25.5 Å². The number of aliphatic hydroxyl groups is 2. The number of aliphatic hydroxyl groups excluding tert-OH is 2. The minimum absolute atomic E-state index is 0.00157. The molecular formula is C20H37NO5. The fourth-order valence-electron chi connectivity index (χ4n) is 4.28. The van der Waals surface area contributed by atoms with Crippen molar-refractivity contribution in [3.63, 3.8) is 0 Å². The van der Waals surface area contributed by atoms with Crippen molar-refractivity contribution in [2.45, 2.75) is 72.0 Å². The van der Waals surface area contributed by atoms with Crippen LogP contribution in [0, 0.1) is 29.1 Å². The van der Waals surface area contributed by atoms with E-state index >= 15 is 0 Å². The second-order valence-electron chi connectivity index (χ2n) is 8.47. The topological polar surface area (TPSA) is 110 Å². The van der Waals surface area contributed by atoms with Crippen molar-refractivity contribution in [3.05, 3.63) is 0 Å². The second-order valence-corrected chi connectivity index (χ2v) is 8.47. The molecule has 0 amide bonds. The van der Waals surface area contributed by atoms with Gasteiger partial charge in [0, 0.05) is 18.4 Å². The van der Waals surface area contributed by atoms with Gasteiger partial charge < -0.3 is 25.5 Å². The summed E-state index contributed by atoms with van der Waals surface area (Å²) in [6.45, 7) is 7.78. The Labute approximate surface area is 157 Å². The van der Waals surface area contributed by atoms with Crippen LogP contribution in [0.15, 0.2) is 0 Å². The molecule has 0 aliphatic heterocycles. The van der Waals surface area contributed by atoms with E-state index in [0.29, 0.717) is 18.8 Å². The molecule has 0 saturated heterocycles. The molecule has 1 aliphatic carbocycles. The number of ether oxygens (including phenoxy) is 1. The van der Waals surface area contributed by atoms with Crippen LogP contribution in [-0.2, 0) is 14.3 Å². The van der Waals surface area contributed by atoms with E-state index in [1.807, 2.05) is 13.8 Å². The zero-order chi connectivity index (χ0) is 19.9. The van der Waals surface area contributed by atoms with Gasteiger partial charge in [-0.05, 0) is 42.9 Å². The number of rotatable bonds is 6. The quantitative estimate of drug-likeness (QED) is 0.486. The van der Waals surface area contributed by atoms with Crippen LogP contribution in [0.4, 0.5) is 0 Å². The van der Waals surface area contributed by atoms with Gasteiger partial charge in [-0.2, -0.15) is 0 Å². The molecule has 1 rings (SSSR count). The molecule has 1 aliphatic rings. The van der Waals surface area contributed by atoms with E-state index in [-0.39, 0.29) is 24.3 Å². The molecule has 1 saturated carbocycles. The van der Waals surface area contributed by atoms with E-state index < -0.39 is 30.2 Å². The maximum Gasteiger partial charge on any atom is 0.332 e. The lowest BCUT2D eigenvalue weighted by Gasteiger charge is -2.44. The van der Waals surface area contributed by atoms with Crippen molar-refractivity contribution < 1.29 is 24.5 Å². The van der Waals surface area contributed by atoms with Crippen molar-refractivity contribution in [2.75, 3.05) is 13.2 Å². The first-order valence-electron chi connectivity index (χ1n) is 9.82. The van der Waals surface area contributed by atoms with Crippen LogP contribution in [0.2, 0.25) is 0 Å². The van der Waals surface area contributed by atoms with Gasteiger partial charge in [0.25, 0.3) is 0 Å². The summed E-state index contributed by atoms with van der Waals surface area (Å²) in [5.74, 6) is 0.0147. The van der Waals surface area contributed by atoms with Crippen molar-refractivity contribution in [2.24, 2.45) is 34.8 Å². The molecule has 0 aromatic heterocycles. The Morgan fingerprint density at radius 3 is 2.46 bits per heavy atom. The fourth-order valence-corrected chi connectivity index (χ4v) is 4.28. The predicted molar refractivity (Wildman–Crippen MR) is 100 cm³/mol. The molecule has 7 atom stereocenters. The number of hydrogen-bond donors (Lipinski definition) is 3. The summed E-state index contributed by atoms with van der Waals surface area (Å²) in [6.07, 6.45) is 3.47. The van der Waals surface area contributed by atoms with E-state index in [2.05, 4.69) is 13.8 Å². The third-order valence-electron chi connectivity index (χ3n) is 6.63. The van der Waals surface area contributed by atoms with Gasteiger partial charge in [-0.25, -0.2) is 4.79 Å². The Kier molecular flexibility index (Phi) is 9.21. The second kappa shape index (κ2) is 10.4. The van der Waals surface area contributed by atoms with Gasteiger partial charge >= 0.3 is 5.97 Å². The molecule has 0 radical (unpaired) electrons. The number of esters is 1. The summed E-state index contributed by atoms with van der Waals surface area (Å²) in [6, 6.07) is 0. The maximum atomic E-state index is 11.7. The predicted octanol–water partition coefficient (Wildman–Crippen LogP) is 1.90. The molecule has 0 spiro atoms. The Bertz CT molecular complexity index is 457. The Hall–Kier alpha value is -0.980. The molecule has 1 fully saturated rings. The van der Waals surface area contributed by atoms with Crippen LogP contribution in [0.1, 0.15) is 59.8 Å². The zero-order valence-corrected chi connectivity index (χ0v) is 16.7. The van der Waals surface area contributed by atoms with Gasteiger partial charge in [-0.15, -0.1) is 0 Å². The van der Waals surface area contributed by atoms with Gasteiger partial charge in [-0.1, -0.05) is 34.1 Å². The van der Waals surface area contributed by atoms with Crippen molar-refractivity contribution in [1.29, 1.82) is 0 Å². The highest BCUT2D eigenvalue weighted by Crippen LogP contribution is 2.41. The molecule has 152 valence electrons. The number of carbonyl (C=O) groups is 2. The smallest absolute Gasteiger partial charge is 0.332 e. The Morgan fingerprint density at radius 1 is 1.27 bits per heavy atom. The lowest BCUT2D eigenvalue weighted by Crippen LogP contribution is -2.49. The first-order chi connectivity index (χ1) is 12.2. The van der Waals surface area contributed by atoms with E-state index in [1.54, 1.807) is 0 Å². The third kappa shape index (κ3) is 5.76. The Balaban J connectivity index is 3.15. The van der Waals surface area contributed by atoms with Crippen molar-refractivity contribution in [3.8, 4) is 0 Å². The first-order valence-corrected chi connectivity index (χ1v) is 9.82. The molecule has 0 heterocycles. The maximum absolute atomic E-state index is 11.7. The number of carbonyl (C=O) groups excluding carboxylic acids is 2. The third-order valence-corrected chi connectivity index (χ3v) is 6.63. The van der Waals surface area contributed by atoms with Crippen LogP contribution in [0.3, 0.4) is 0 Å². The van der Waals surface area contributed by atoms with Crippen molar-refractivity contribution >= 4 is 12.3 Å². The normalized spacial score (nSPS) is 39.2. The number of hydrogen-bond acceptors (Lipinski definition) is 6. The van der Waals surface area contributed by atoms with E-state index in [9.17, 15) is 14.7 Å². The molecule has 4 N–H and O–H groups in total. The lowest BCUT2D eigenvalue weighted by atomic mass is 9.66. The zero-order valence-electron chi connectivity index (χ0n) is 16.7. The molecule has 0 aromatic carbocycles. The number of aldehydes is 1. The highest BCUT2D eigenvalue weighted by molar-refractivity contribution is 5.70. The summed E-state index contributed by atoms with van der Waals surface area (Å²) in [7, 11) is 0. The minimum atomic E-state index is -0.653. The molecule has 0 unspecified atom stereocenters. The Morgan fingerprint density at radius 2 is 1.92 bits per heavy atom. The monoisotopic (exact) mass is 371 g/mol. The highest BCUT2D eigenvalue weighted by Gasteiger charge is 2.43. The fraction of sp³-hybridized carbons (Fsp3) is 0.900. The molecule has 6 heteroatoms. The van der Waals surface area contributed by atoms with Gasteiger partial charge in [0.2, 0.25) is 0 Å². The first kappa shape index (κ1) is 23.1. The van der Waals surface area contributed by atoms with E-state index in [4.69, 9.17) is 15.6 Å². The van der Waals surface area contributed by atoms with Gasteiger partial charge in [0.05, 0.1) is 6.10 Å². The summed E-state index contributed by atoms with van der Waals surface area (Å²) in [5.41, 5.74) is 5.44. The minimum Gasteiger partial charge on any atom is -0.460 e. The van der Waals surface area contributed by atoms with Crippen LogP contribution in [0.25, 0.3) is 0 Å². The van der Waals surface area contributed by atoms with Crippen LogP contribution >= 0.6 is 0 Å². The molecule has 0 aromatic rings. The van der Waals surface area contributed by atoms with Crippen molar-refractivity contribution in [1.82, 2.24) is 0 Å². The van der Waals surface area contributed by atoms with Gasteiger partial charge in [-0.3, -0.25) is 0 Å². The summed E-state index contributed by atoms with van der Waals surface area (Å²) < 4.78 is 5.53. The van der Waals surface area contributed by atoms with Crippen LogP contribution in [0.5, 0.6) is 0 Å². The average molecular weight is 372 g/mol. The molecule has 6 nitrogen and oxygen atoms in total. The van der Waals surface area contributed by atoms with Gasteiger partial charge in [0.1, 0.15) is 19.0 Å².